The molecule has 2 fully saturated rings. The summed E-state index contributed by atoms with van der Waals surface area (Å²) in [6.07, 6.45) is 4.88. The van der Waals surface area contributed by atoms with E-state index in [4.69, 9.17) is 9.47 Å². The van der Waals surface area contributed by atoms with Crippen molar-refractivity contribution in [2.45, 2.75) is 43.0 Å². The van der Waals surface area contributed by atoms with Crippen LogP contribution in [0, 0.1) is 0 Å². The van der Waals surface area contributed by atoms with Gasteiger partial charge in [0.2, 0.25) is 15.9 Å². The van der Waals surface area contributed by atoms with Crippen LogP contribution in [0.5, 0.6) is 11.5 Å². The van der Waals surface area contributed by atoms with Crippen molar-refractivity contribution in [2.24, 2.45) is 0 Å². The first-order chi connectivity index (χ1) is 16.5. The molecular weight excluding hydrogens is 454 g/mol. The van der Waals surface area contributed by atoms with Crippen molar-refractivity contribution in [3.63, 3.8) is 0 Å². The Kier molecular flexibility index (Phi) is 6.76. The van der Waals surface area contributed by atoms with Crippen LogP contribution < -0.4 is 14.8 Å². The molecule has 0 saturated carbocycles. The van der Waals surface area contributed by atoms with Crippen molar-refractivity contribution < 1.29 is 22.7 Å². The largest absolute Gasteiger partial charge is 0.486 e. The molecule has 0 spiro atoms. The Balaban J connectivity index is 1.21. The lowest BCUT2D eigenvalue weighted by atomic mass is 10.0. The number of anilines is 1. The lowest BCUT2D eigenvalue weighted by Crippen LogP contribution is -2.35. The summed E-state index contributed by atoms with van der Waals surface area (Å²) in [5.74, 6) is 1.42. The first-order valence-corrected chi connectivity index (χ1v) is 13.5. The van der Waals surface area contributed by atoms with Gasteiger partial charge in [-0.15, -0.1) is 0 Å². The number of ether oxygens (including phenoxy) is 2. The van der Waals surface area contributed by atoms with Crippen molar-refractivity contribution in [3.8, 4) is 11.5 Å². The number of rotatable bonds is 6. The van der Waals surface area contributed by atoms with Gasteiger partial charge in [0.15, 0.2) is 11.5 Å². The fraction of sp³-hybridized carbons (Fsp3) is 0.480. The molecule has 3 aliphatic rings. The highest BCUT2D eigenvalue weighted by Gasteiger charge is 2.29. The average molecular weight is 486 g/mol. The molecule has 0 bridgehead atoms. The number of sulfonamides is 1. The van der Waals surface area contributed by atoms with Crippen LogP contribution in [0.15, 0.2) is 47.4 Å². The second-order valence-electron chi connectivity index (χ2n) is 9.07. The zero-order valence-electron chi connectivity index (χ0n) is 19.2. The van der Waals surface area contributed by atoms with Crippen LogP contribution in [0.25, 0.3) is 0 Å². The Labute approximate surface area is 200 Å². The number of amides is 1. The van der Waals surface area contributed by atoms with Crippen LogP contribution in [0.2, 0.25) is 0 Å². The Hall–Kier alpha value is -2.62. The molecule has 5 rings (SSSR count). The maximum atomic E-state index is 12.8. The van der Waals surface area contributed by atoms with Crippen molar-refractivity contribution in [2.75, 3.05) is 44.7 Å². The van der Waals surface area contributed by atoms with Gasteiger partial charge < -0.3 is 14.8 Å². The van der Waals surface area contributed by atoms with Crippen molar-refractivity contribution in [1.29, 1.82) is 0 Å². The number of fused-ring (bicyclic) bond motifs is 1. The molecule has 3 heterocycles. The number of carbonyl (C=O) groups excluding carboxylic acids is 1. The van der Waals surface area contributed by atoms with E-state index >= 15 is 0 Å². The van der Waals surface area contributed by atoms with Gasteiger partial charge in [-0.2, -0.15) is 4.31 Å². The van der Waals surface area contributed by atoms with Gasteiger partial charge in [0.1, 0.15) is 13.2 Å². The van der Waals surface area contributed by atoms with E-state index in [2.05, 4.69) is 16.3 Å². The van der Waals surface area contributed by atoms with Gasteiger partial charge in [-0.1, -0.05) is 12.5 Å². The normalized spacial score (nSPS) is 21.4. The molecule has 3 aliphatic heterocycles. The molecule has 182 valence electrons. The molecular formula is C25H31N3O5S. The minimum Gasteiger partial charge on any atom is -0.486 e. The standard InChI is InChI=1S/C25H31N3O5S/c29-25(26-20-7-9-21(10-8-20)34(30,31)28-13-2-1-3-14-28)18-27-12-4-5-22(27)19-6-11-23-24(17-19)33-16-15-32-23/h6-11,17,22H,1-5,12-16,18H2,(H,26,29)/t22-/m0/s1. The summed E-state index contributed by atoms with van der Waals surface area (Å²) in [5, 5.41) is 2.92. The van der Waals surface area contributed by atoms with E-state index in [-0.39, 0.29) is 23.4 Å². The maximum Gasteiger partial charge on any atom is 0.243 e. The topological polar surface area (TPSA) is 88.2 Å². The Morgan fingerprint density at radius 3 is 2.41 bits per heavy atom. The summed E-state index contributed by atoms with van der Waals surface area (Å²) in [4.78, 5) is 15.2. The molecule has 2 aromatic rings. The van der Waals surface area contributed by atoms with Crippen LogP contribution in [-0.2, 0) is 14.8 Å². The lowest BCUT2D eigenvalue weighted by molar-refractivity contribution is -0.117. The third-order valence-corrected chi connectivity index (χ3v) is 8.67. The van der Waals surface area contributed by atoms with Crippen LogP contribution in [-0.4, -0.2) is 62.9 Å². The number of benzene rings is 2. The Morgan fingerprint density at radius 1 is 0.912 bits per heavy atom. The van der Waals surface area contributed by atoms with Gasteiger partial charge in [0.25, 0.3) is 0 Å². The minimum atomic E-state index is -3.48. The monoisotopic (exact) mass is 485 g/mol. The molecule has 8 nitrogen and oxygen atoms in total. The van der Waals surface area contributed by atoms with Crippen molar-refractivity contribution in [3.05, 3.63) is 48.0 Å². The smallest absolute Gasteiger partial charge is 0.243 e. The lowest BCUT2D eigenvalue weighted by Gasteiger charge is -2.26. The fourth-order valence-corrected chi connectivity index (χ4v) is 6.53. The summed E-state index contributed by atoms with van der Waals surface area (Å²) in [7, 11) is -3.48. The number of likely N-dealkylation sites (tertiary alicyclic amines) is 1. The summed E-state index contributed by atoms with van der Waals surface area (Å²) >= 11 is 0. The average Bonchev–Trinajstić information content (AvgIpc) is 3.32. The van der Waals surface area contributed by atoms with E-state index in [9.17, 15) is 13.2 Å². The zero-order chi connectivity index (χ0) is 23.5. The summed E-state index contributed by atoms with van der Waals surface area (Å²) in [6.45, 7) is 3.37. The van der Waals surface area contributed by atoms with E-state index in [0.717, 1.165) is 55.7 Å². The molecule has 0 radical (unpaired) electrons. The van der Waals surface area contributed by atoms with Crippen LogP contribution in [0.4, 0.5) is 5.69 Å². The predicted octanol–water partition coefficient (Wildman–Crippen LogP) is 3.41. The molecule has 34 heavy (non-hydrogen) atoms. The predicted molar refractivity (Wildman–Crippen MR) is 129 cm³/mol. The molecule has 2 saturated heterocycles. The maximum absolute atomic E-state index is 12.8. The van der Waals surface area contributed by atoms with Gasteiger partial charge in [0, 0.05) is 24.8 Å². The van der Waals surface area contributed by atoms with E-state index in [0.29, 0.717) is 32.0 Å². The second-order valence-corrected chi connectivity index (χ2v) is 11.0. The molecule has 0 aliphatic carbocycles. The van der Waals surface area contributed by atoms with E-state index in [1.807, 2.05) is 12.1 Å². The number of hydrogen-bond acceptors (Lipinski definition) is 6. The van der Waals surface area contributed by atoms with Crippen LogP contribution >= 0.6 is 0 Å². The third-order valence-electron chi connectivity index (χ3n) is 6.75. The molecule has 1 amide bonds. The van der Waals surface area contributed by atoms with Gasteiger partial charge in [-0.05, 0) is 74.2 Å². The first kappa shape index (κ1) is 23.1. The SMILES string of the molecule is O=C(CN1CCC[C@H]1c1ccc2c(c1)OCCO2)Nc1ccc(S(=O)(=O)N2CCCCC2)cc1. The van der Waals surface area contributed by atoms with Crippen LogP contribution in [0.3, 0.4) is 0 Å². The van der Waals surface area contributed by atoms with Gasteiger partial charge in [-0.3, -0.25) is 9.69 Å². The highest BCUT2D eigenvalue weighted by atomic mass is 32.2. The molecule has 2 aromatic carbocycles. The zero-order valence-corrected chi connectivity index (χ0v) is 20.1. The summed E-state index contributed by atoms with van der Waals surface area (Å²) in [6, 6.07) is 12.7. The highest BCUT2D eigenvalue weighted by Crippen LogP contribution is 2.38. The molecule has 9 heteroatoms. The first-order valence-electron chi connectivity index (χ1n) is 12.0. The third kappa shape index (κ3) is 4.92. The molecule has 1 atom stereocenters. The van der Waals surface area contributed by atoms with Gasteiger partial charge in [-0.25, -0.2) is 8.42 Å². The number of piperidine rings is 1. The summed E-state index contributed by atoms with van der Waals surface area (Å²) in [5.41, 5.74) is 1.72. The van der Waals surface area contributed by atoms with Crippen molar-refractivity contribution in [1.82, 2.24) is 9.21 Å². The highest BCUT2D eigenvalue weighted by molar-refractivity contribution is 7.89. The quantitative estimate of drug-likeness (QED) is 0.675. The van der Waals surface area contributed by atoms with Crippen molar-refractivity contribution >= 4 is 21.6 Å². The number of hydrogen-bond donors (Lipinski definition) is 1. The molecule has 0 aromatic heterocycles. The minimum absolute atomic E-state index is 0.115. The summed E-state index contributed by atoms with van der Waals surface area (Å²) < 4.78 is 38.5. The van der Waals surface area contributed by atoms with E-state index in [1.54, 1.807) is 28.6 Å². The van der Waals surface area contributed by atoms with Gasteiger partial charge >= 0.3 is 0 Å². The van der Waals surface area contributed by atoms with Gasteiger partial charge in [0.05, 0.1) is 11.4 Å². The number of carbonyl (C=O) groups is 1. The number of nitrogens with one attached hydrogen (secondary N) is 1. The second kappa shape index (κ2) is 9.93. The molecule has 1 N–H and O–H groups in total. The fourth-order valence-electron chi connectivity index (χ4n) is 5.01. The Morgan fingerprint density at radius 2 is 1.65 bits per heavy atom. The van der Waals surface area contributed by atoms with E-state index < -0.39 is 10.0 Å². The van der Waals surface area contributed by atoms with E-state index in [1.165, 1.54) is 0 Å². The van der Waals surface area contributed by atoms with Crippen LogP contribution in [0.1, 0.15) is 43.7 Å². The number of nitrogens with zero attached hydrogens (tertiary/aromatic N) is 2. The Bertz CT molecular complexity index is 1130. The molecule has 0 unspecified atom stereocenters.